The van der Waals surface area contributed by atoms with Gasteiger partial charge in [-0.15, -0.1) is 6.58 Å². The summed E-state index contributed by atoms with van der Waals surface area (Å²) in [6.45, 7) is 13.8. The molecule has 2 heterocycles. The van der Waals surface area contributed by atoms with Gasteiger partial charge in [0.15, 0.2) is 5.60 Å². The minimum atomic E-state index is -2.05. The summed E-state index contributed by atoms with van der Waals surface area (Å²) in [5.41, 5.74) is -2.21. The number of aliphatic hydroxyl groups is 3. The van der Waals surface area contributed by atoms with Gasteiger partial charge in [-0.2, -0.15) is 0 Å². The van der Waals surface area contributed by atoms with Crippen molar-refractivity contribution in [2.45, 2.75) is 114 Å². The fraction of sp³-hybridized carbons (Fsp3) is 0.647. The summed E-state index contributed by atoms with van der Waals surface area (Å²) in [4.78, 5) is 51.9. The van der Waals surface area contributed by atoms with E-state index in [4.69, 9.17) is 9.47 Å². The van der Waals surface area contributed by atoms with E-state index in [9.17, 15) is 44.7 Å². The maximum absolute atomic E-state index is 12.8. The molecule has 0 aliphatic carbocycles. The summed E-state index contributed by atoms with van der Waals surface area (Å²) >= 11 is 0. The van der Waals surface area contributed by atoms with E-state index in [1.165, 1.54) is 19.1 Å². The molecule has 1 aromatic rings. The number of hydrogen-bond donors (Lipinski definition) is 8. The first-order valence-electron chi connectivity index (χ1n) is 16.4. The van der Waals surface area contributed by atoms with Crippen LogP contribution in [-0.4, -0.2) is 128 Å². The molecular formula is C34H52N4O11. The van der Waals surface area contributed by atoms with Crippen molar-refractivity contribution in [2.24, 2.45) is 0 Å². The van der Waals surface area contributed by atoms with E-state index >= 15 is 0 Å². The quantitative estimate of drug-likeness (QED) is 0.135. The Morgan fingerprint density at radius 3 is 2.37 bits per heavy atom. The first-order chi connectivity index (χ1) is 22.7. The number of carbonyl (C=O) groups is 4. The Kier molecular flexibility index (Phi) is 12.8. The van der Waals surface area contributed by atoms with Crippen LogP contribution < -0.4 is 16.0 Å². The molecule has 0 radical (unpaired) electrons. The number of carboxylic acid groups (broad SMARTS) is 1. The SMILES string of the molecule is C=CC[C@@]1(NCC[C@]2(C(=O)O)C[C@H](O)[C@@H](NC(C)=O)[C@H]([C@H](O)[C@H](O)CNC(=O)c3cc(C)c(O)c(C)c3)O2)CCN(C(=O)OC(C)(C)C)C1. The molecule has 2 aliphatic heterocycles. The lowest BCUT2D eigenvalue weighted by atomic mass is 9.81. The largest absolute Gasteiger partial charge is 0.507 e. The van der Waals surface area contributed by atoms with E-state index in [2.05, 4.69) is 22.5 Å². The molecule has 2 fully saturated rings. The number of rotatable bonds is 13. The van der Waals surface area contributed by atoms with E-state index in [1.807, 2.05) is 0 Å². The van der Waals surface area contributed by atoms with Gasteiger partial charge in [0.2, 0.25) is 5.91 Å². The van der Waals surface area contributed by atoms with Crippen LogP contribution in [0.15, 0.2) is 24.8 Å². The lowest BCUT2D eigenvalue weighted by Gasteiger charge is -2.47. The van der Waals surface area contributed by atoms with E-state index in [1.54, 1.807) is 45.6 Å². The van der Waals surface area contributed by atoms with Crippen molar-refractivity contribution in [3.8, 4) is 5.75 Å². The maximum atomic E-state index is 12.8. The molecule has 2 aliphatic rings. The first kappa shape index (κ1) is 39.7. The molecule has 7 atom stereocenters. The van der Waals surface area contributed by atoms with E-state index in [-0.39, 0.29) is 30.8 Å². The van der Waals surface area contributed by atoms with Gasteiger partial charge < -0.3 is 55.9 Å². The number of amides is 3. The Morgan fingerprint density at radius 2 is 1.82 bits per heavy atom. The minimum Gasteiger partial charge on any atom is -0.507 e. The number of hydrogen-bond acceptors (Lipinski definition) is 11. The molecule has 8 N–H and O–H groups in total. The summed E-state index contributed by atoms with van der Waals surface area (Å²) in [6, 6.07) is 1.64. The number of phenolic OH excluding ortho intramolecular Hbond substituents is 1. The molecule has 15 nitrogen and oxygen atoms in total. The zero-order valence-electron chi connectivity index (χ0n) is 29.1. The summed E-state index contributed by atoms with van der Waals surface area (Å²) in [5, 5.41) is 62.1. The Balaban J connectivity index is 1.76. The van der Waals surface area contributed by atoms with Crippen molar-refractivity contribution in [3.63, 3.8) is 0 Å². The lowest BCUT2D eigenvalue weighted by Crippen LogP contribution is -2.68. The molecule has 0 aromatic heterocycles. The molecule has 15 heteroatoms. The molecular weight excluding hydrogens is 640 g/mol. The van der Waals surface area contributed by atoms with E-state index in [0.29, 0.717) is 30.5 Å². The van der Waals surface area contributed by atoms with Crippen LogP contribution >= 0.6 is 0 Å². The third kappa shape index (κ3) is 9.91. The number of nitrogens with zero attached hydrogens (tertiary/aromatic N) is 1. The van der Waals surface area contributed by atoms with Gasteiger partial charge in [-0.3, -0.25) is 9.59 Å². The molecule has 0 bridgehead atoms. The standard InChI is InChI=1S/C34H52N4O11/c1-8-9-33(11-13-38(18-33)31(47)49-32(5,6)7)36-12-10-34(30(45)46)16-23(40)25(37-21(4)39)28(48-34)27(43)24(41)17-35-29(44)22-14-19(2)26(42)20(3)15-22/h8,14-15,23-25,27-28,36,40-43H,1,9-13,16-18H2,2-7H3,(H,35,44)(H,37,39)(H,45,46)/t23-,24+,25+,27+,28+,33+,34+/m0/s1. The van der Waals surface area contributed by atoms with Gasteiger partial charge in [0.25, 0.3) is 5.91 Å². The molecule has 0 saturated carbocycles. The number of phenols is 1. The first-order valence-corrected chi connectivity index (χ1v) is 16.4. The van der Waals surface area contributed by atoms with Gasteiger partial charge in [-0.05, 0) is 83.7 Å². The number of aryl methyl sites for hydroxylation is 2. The van der Waals surface area contributed by atoms with Crippen molar-refractivity contribution >= 4 is 23.9 Å². The highest BCUT2D eigenvalue weighted by Gasteiger charge is 2.54. The smallest absolute Gasteiger partial charge is 0.410 e. The van der Waals surface area contributed by atoms with Gasteiger partial charge in [-0.25, -0.2) is 9.59 Å². The zero-order chi connectivity index (χ0) is 36.9. The fourth-order valence-corrected chi connectivity index (χ4v) is 6.44. The number of carboxylic acids is 1. The number of likely N-dealkylation sites (tertiary alicyclic amines) is 1. The molecule has 1 aromatic carbocycles. The molecule has 274 valence electrons. The Hall–Kier alpha value is -3.76. The van der Waals surface area contributed by atoms with Gasteiger partial charge in [0.05, 0.1) is 18.2 Å². The second-order valence-corrected chi connectivity index (χ2v) is 14.2. The highest BCUT2D eigenvalue weighted by Crippen LogP contribution is 2.36. The topological polar surface area (TPSA) is 227 Å². The van der Waals surface area contributed by atoms with E-state index < -0.39 is 84.0 Å². The second kappa shape index (κ2) is 15.9. The number of aromatic hydroxyl groups is 1. The second-order valence-electron chi connectivity index (χ2n) is 14.2. The number of benzene rings is 1. The Bertz CT molecular complexity index is 1380. The van der Waals surface area contributed by atoms with Crippen LogP contribution in [0.25, 0.3) is 0 Å². The van der Waals surface area contributed by atoms with Crippen LogP contribution in [0, 0.1) is 13.8 Å². The summed E-state index contributed by atoms with van der Waals surface area (Å²) in [5.74, 6) is -2.57. The maximum Gasteiger partial charge on any atom is 0.410 e. The predicted octanol–water partition coefficient (Wildman–Crippen LogP) is 0.874. The van der Waals surface area contributed by atoms with Crippen molar-refractivity contribution in [2.75, 3.05) is 26.2 Å². The molecule has 0 spiro atoms. The van der Waals surface area contributed by atoms with Gasteiger partial charge in [0.1, 0.15) is 23.6 Å². The monoisotopic (exact) mass is 692 g/mol. The zero-order valence-corrected chi connectivity index (χ0v) is 29.1. The average Bonchev–Trinajstić information content (AvgIpc) is 3.42. The van der Waals surface area contributed by atoms with Crippen molar-refractivity contribution in [3.05, 3.63) is 41.5 Å². The van der Waals surface area contributed by atoms with Crippen LogP contribution in [0.1, 0.15) is 74.9 Å². The summed E-state index contributed by atoms with van der Waals surface area (Å²) < 4.78 is 11.6. The van der Waals surface area contributed by atoms with Crippen molar-refractivity contribution in [1.29, 1.82) is 0 Å². The average molecular weight is 693 g/mol. The van der Waals surface area contributed by atoms with Gasteiger partial charge in [0, 0.05) is 44.1 Å². The summed E-state index contributed by atoms with van der Waals surface area (Å²) in [6.07, 6.45) is -5.04. The van der Waals surface area contributed by atoms with Crippen LogP contribution in [0.3, 0.4) is 0 Å². The van der Waals surface area contributed by atoms with Crippen molar-refractivity contribution < 1.29 is 54.2 Å². The number of aliphatic carboxylic acids is 1. The summed E-state index contributed by atoms with van der Waals surface area (Å²) in [7, 11) is 0. The molecule has 49 heavy (non-hydrogen) atoms. The predicted molar refractivity (Wildman–Crippen MR) is 178 cm³/mol. The highest BCUT2D eigenvalue weighted by molar-refractivity contribution is 5.94. The third-order valence-electron chi connectivity index (χ3n) is 8.95. The fourth-order valence-electron chi connectivity index (χ4n) is 6.44. The van der Waals surface area contributed by atoms with Gasteiger partial charge in [-0.1, -0.05) is 6.08 Å². The molecule has 0 unspecified atom stereocenters. The highest BCUT2D eigenvalue weighted by atomic mass is 16.6. The number of carbonyl (C=O) groups excluding carboxylic acids is 3. The van der Waals surface area contributed by atoms with Crippen molar-refractivity contribution in [1.82, 2.24) is 20.9 Å². The number of nitrogens with one attached hydrogen (secondary N) is 3. The normalized spacial score (nSPS) is 26.8. The van der Waals surface area contributed by atoms with Crippen LogP contribution in [0.4, 0.5) is 4.79 Å². The van der Waals surface area contributed by atoms with E-state index in [0.717, 1.165) is 0 Å². The molecule has 2 saturated heterocycles. The lowest BCUT2D eigenvalue weighted by molar-refractivity contribution is -0.229. The number of ether oxygens (including phenoxy) is 2. The van der Waals surface area contributed by atoms with Crippen LogP contribution in [-0.2, 0) is 19.1 Å². The third-order valence-corrected chi connectivity index (χ3v) is 8.95. The number of aliphatic hydroxyl groups excluding tert-OH is 3. The Morgan fingerprint density at radius 1 is 1.18 bits per heavy atom. The molecule has 3 amide bonds. The van der Waals surface area contributed by atoms with Gasteiger partial charge >= 0.3 is 12.1 Å². The Labute approximate surface area is 286 Å². The molecule has 3 rings (SSSR count). The minimum absolute atomic E-state index is 0.0445. The van der Waals surface area contributed by atoms with Crippen LogP contribution in [0.2, 0.25) is 0 Å². The van der Waals surface area contributed by atoms with Crippen LogP contribution in [0.5, 0.6) is 5.75 Å².